The van der Waals surface area contributed by atoms with E-state index >= 15 is 0 Å². The van der Waals surface area contributed by atoms with Crippen molar-refractivity contribution in [1.29, 1.82) is 0 Å². The fourth-order valence-electron chi connectivity index (χ4n) is 4.27. The molecule has 0 radical (unpaired) electrons. The third-order valence-electron chi connectivity index (χ3n) is 5.96. The van der Waals surface area contributed by atoms with Gasteiger partial charge < -0.3 is 15.1 Å². The first-order valence-corrected chi connectivity index (χ1v) is 10.8. The Bertz CT molecular complexity index is 907. The van der Waals surface area contributed by atoms with Crippen molar-refractivity contribution >= 4 is 17.5 Å². The van der Waals surface area contributed by atoms with E-state index in [-0.39, 0.29) is 17.6 Å². The van der Waals surface area contributed by atoms with Crippen LogP contribution in [0.2, 0.25) is 0 Å². The lowest BCUT2D eigenvalue weighted by atomic mass is 10.1. The molecule has 0 bridgehead atoms. The van der Waals surface area contributed by atoms with Crippen LogP contribution in [0.1, 0.15) is 52.0 Å². The van der Waals surface area contributed by atoms with Crippen LogP contribution in [-0.2, 0) is 6.42 Å². The normalized spacial score (nSPS) is 16.4. The van der Waals surface area contributed by atoms with E-state index < -0.39 is 0 Å². The average Bonchev–Trinajstić information content (AvgIpc) is 3.20. The third kappa shape index (κ3) is 4.70. The monoisotopic (exact) mass is 409 g/mol. The molecule has 2 aliphatic rings. The largest absolute Gasteiger partial charge is 0.352 e. The van der Waals surface area contributed by atoms with E-state index in [1.807, 2.05) is 12.1 Å². The second kappa shape index (κ2) is 9.39. The van der Waals surface area contributed by atoms with E-state index in [1.54, 1.807) is 11.0 Å². The van der Waals surface area contributed by atoms with Crippen molar-refractivity contribution in [3.63, 3.8) is 0 Å². The number of rotatable bonds is 6. The van der Waals surface area contributed by atoms with Crippen LogP contribution in [0.15, 0.2) is 42.5 Å². The number of likely N-dealkylation sites (tertiary alicyclic amines) is 1. The maximum Gasteiger partial charge on any atom is 0.258 e. The van der Waals surface area contributed by atoms with Crippen molar-refractivity contribution in [2.75, 3.05) is 37.6 Å². The molecule has 1 saturated heterocycles. The first-order valence-electron chi connectivity index (χ1n) is 10.8. The number of fused-ring (bicyclic) bond motifs is 1. The number of benzene rings is 2. The van der Waals surface area contributed by atoms with E-state index in [1.165, 1.54) is 43.5 Å². The standard InChI is InChI=1S/C24H28FN3O2/c25-21-9-7-19(8-10-21)24(30)28-16-11-18-5-6-20(17-22(18)28)23(29)26-12-4-15-27-13-2-1-3-14-27/h5-10,17H,1-4,11-16H2,(H,26,29). The summed E-state index contributed by atoms with van der Waals surface area (Å²) < 4.78 is 13.2. The summed E-state index contributed by atoms with van der Waals surface area (Å²) in [6.07, 6.45) is 5.56. The number of hydrogen-bond acceptors (Lipinski definition) is 3. The van der Waals surface area contributed by atoms with Gasteiger partial charge in [-0.1, -0.05) is 12.5 Å². The smallest absolute Gasteiger partial charge is 0.258 e. The van der Waals surface area contributed by atoms with Gasteiger partial charge in [0.15, 0.2) is 0 Å². The Balaban J connectivity index is 1.36. The molecule has 0 saturated carbocycles. The molecule has 6 heteroatoms. The van der Waals surface area contributed by atoms with Crippen LogP contribution in [-0.4, -0.2) is 49.4 Å². The fourth-order valence-corrected chi connectivity index (χ4v) is 4.27. The average molecular weight is 410 g/mol. The van der Waals surface area contributed by atoms with Crippen LogP contribution in [0.3, 0.4) is 0 Å². The molecule has 2 aliphatic heterocycles. The minimum absolute atomic E-state index is 0.113. The molecule has 4 rings (SSSR count). The lowest BCUT2D eigenvalue weighted by Gasteiger charge is -2.26. The zero-order valence-electron chi connectivity index (χ0n) is 17.2. The van der Waals surface area contributed by atoms with E-state index in [0.717, 1.165) is 43.7 Å². The van der Waals surface area contributed by atoms with Gasteiger partial charge in [-0.3, -0.25) is 9.59 Å². The summed E-state index contributed by atoms with van der Waals surface area (Å²) in [6.45, 7) is 4.55. The molecule has 0 aliphatic carbocycles. The maximum atomic E-state index is 13.2. The van der Waals surface area contributed by atoms with Gasteiger partial charge >= 0.3 is 0 Å². The van der Waals surface area contributed by atoms with E-state index in [0.29, 0.717) is 24.2 Å². The Labute approximate surface area is 176 Å². The van der Waals surface area contributed by atoms with Crippen molar-refractivity contribution in [2.45, 2.75) is 32.1 Å². The molecule has 2 amide bonds. The third-order valence-corrected chi connectivity index (χ3v) is 5.96. The number of carbonyl (C=O) groups excluding carboxylic acids is 2. The SMILES string of the molecule is O=C(NCCCN1CCCCC1)c1ccc2c(c1)N(C(=O)c1ccc(F)cc1)CC2. The molecule has 0 unspecified atom stereocenters. The van der Waals surface area contributed by atoms with Crippen LogP contribution >= 0.6 is 0 Å². The van der Waals surface area contributed by atoms with Crippen molar-refractivity contribution in [3.05, 3.63) is 65.0 Å². The van der Waals surface area contributed by atoms with Gasteiger partial charge in [-0.25, -0.2) is 4.39 Å². The Morgan fingerprint density at radius 3 is 2.43 bits per heavy atom. The van der Waals surface area contributed by atoms with Crippen molar-refractivity contribution in [1.82, 2.24) is 10.2 Å². The first kappa shape index (κ1) is 20.5. The van der Waals surface area contributed by atoms with Crippen molar-refractivity contribution in [3.8, 4) is 0 Å². The molecule has 158 valence electrons. The number of carbonyl (C=O) groups is 2. The molecule has 0 atom stereocenters. The Hall–Kier alpha value is -2.73. The van der Waals surface area contributed by atoms with Gasteiger partial charge in [0.1, 0.15) is 5.82 Å². The van der Waals surface area contributed by atoms with Crippen molar-refractivity contribution < 1.29 is 14.0 Å². The van der Waals surface area contributed by atoms with Crippen LogP contribution in [0.5, 0.6) is 0 Å². The van der Waals surface area contributed by atoms with Gasteiger partial charge in [0, 0.05) is 29.9 Å². The fraction of sp³-hybridized carbons (Fsp3) is 0.417. The Morgan fingerprint density at radius 2 is 1.67 bits per heavy atom. The topological polar surface area (TPSA) is 52.7 Å². The number of hydrogen-bond donors (Lipinski definition) is 1. The summed E-state index contributed by atoms with van der Waals surface area (Å²) >= 11 is 0. The van der Waals surface area contributed by atoms with E-state index in [2.05, 4.69) is 10.2 Å². The summed E-state index contributed by atoms with van der Waals surface area (Å²) in [5, 5.41) is 3.00. The molecule has 30 heavy (non-hydrogen) atoms. The molecule has 1 N–H and O–H groups in total. The predicted molar refractivity (Wildman–Crippen MR) is 115 cm³/mol. The molecule has 2 heterocycles. The van der Waals surface area contributed by atoms with Crippen LogP contribution < -0.4 is 10.2 Å². The van der Waals surface area contributed by atoms with Crippen LogP contribution in [0, 0.1) is 5.82 Å². The summed E-state index contributed by atoms with van der Waals surface area (Å²) in [5.41, 5.74) is 2.82. The van der Waals surface area contributed by atoms with Gasteiger partial charge in [-0.2, -0.15) is 0 Å². The first-order chi connectivity index (χ1) is 14.6. The quantitative estimate of drug-likeness (QED) is 0.742. The highest BCUT2D eigenvalue weighted by Crippen LogP contribution is 2.30. The maximum absolute atomic E-state index is 13.2. The van der Waals surface area contributed by atoms with Gasteiger partial charge in [0.2, 0.25) is 0 Å². The van der Waals surface area contributed by atoms with Crippen LogP contribution in [0.4, 0.5) is 10.1 Å². The number of nitrogens with one attached hydrogen (secondary N) is 1. The minimum Gasteiger partial charge on any atom is -0.352 e. The molecule has 0 aromatic heterocycles. The summed E-state index contributed by atoms with van der Waals surface area (Å²) in [4.78, 5) is 29.6. The van der Waals surface area contributed by atoms with Gasteiger partial charge in [-0.15, -0.1) is 0 Å². The number of halogens is 1. The number of amides is 2. The minimum atomic E-state index is -0.368. The molecule has 1 fully saturated rings. The molecule has 2 aromatic carbocycles. The summed E-state index contributed by atoms with van der Waals surface area (Å²) in [5.74, 6) is -0.655. The number of piperidine rings is 1. The molecule has 5 nitrogen and oxygen atoms in total. The second-order valence-corrected chi connectivity index (χ2v) is 8.07. The Kier molecular flexibility index (Phi) is 6.43. The van der Waals surface area contributed by atoms with Crippen molar-refractivity contribution in [2.24, 2.45) is 0 Å². The molecular formula is C24H28FN3O2. The van der Waals surface area contributed by atoms with E-state index in [4.69, 9.17) is 0 Å². The predicted octanol–water partition coefficient (Wildman–Crippen LogP) is 3.63. The lowest BCUT2D eigenvalue weighted by Crippen LogP contribution is -2.33. The zero-order chi connectivity index (χ0) is 20.9. The lowest BCUT2D eigenvalue weighted by molar-refractivity contribution is 0.0948. The summed E-state index contributed by atoms with van der Waals surface area (Å²) in [6, 6.07) is 11.1. The highest BCUT2D eigenvalue weighted by molar-refractivity contribution is 6.08. The zero-order valence-corrected chi connectivity index (χ0v) is 17.2. The number of nitrogens with zero attached hydrogens (tertiary/aromatic N) is 2. The second-order valence-electron chi connectivity index (χ2n) is 8.07. The highest BCUT2D eigenvalue weighted by atomic mass is 19.1. The Morgan fingerprint density at radius 1 is 0.933 bits per heavy atom. The molecule has 0 spiro atoms. The van der Waals surface area contributed by atoms with Gasteiger partial charge in [0.05, 0.1) is 0 Å². The van der Waals surface area contributed by atoms with Gasteiger partial charge in [0.25, 0.3) is 11.8 Å². The molecule has 2 aromatic rings. The molecular weight excluding hydrogens is 381 g/mol. The van der Waals surface area contributed by atoms with E-state index in [9.17, 15) is 14.0 Å². The van der Waals surface area contributed by atoms with Gasteiger partial charge in [-0.05, 0) is 87.3 Å². The number of anilines is 1. The van der Waals surface area contributed by atoms with Crippen LogP contribution in [0.25, 0.3) is 0 Å². The summed E-state index contributed by atoms with van der Waals surface area (Å²) in [7, 11) is 0. The highest BCUT2D eigenvalue weighted by Gasteiger charge is 2.26.